The molecule has 8 rings (SSSR count). The minimum absolute atomic E-state index is 0.00546. The summed E-state index contributed by atoms with van der Waals surface area (Å²) < 4.78 is 88.0. The van der Waals surface area contributed by atoms with E-state index >= 15 is 0 Å². The number of aliphatic hydroxyl groups excluding tert-OH is 2. The molecule has 1 saturated carbocycles. The molecule has 3 amide bonds. The first-order chi connectivity index (χ1) is 58.3. The third-order valence-corrected chi connectivity index (χ3v) is 22.8. The first kappa shape index (κ1) is 98.7. The number of fused-ring (bicyclic) bond motifs is 5. The summed E-state index contributed by atoms with van der Waals surface area (Å²) >= 11 is 0. The maximum Gasteiger partial charge on any atom is 0.407 e. The molecule has 3 fully saturated rings. The van der Waals surface area contributed by atoms with Gasteiger partial charge in [-0.05, 0) is 138 Å². The lowest BCUT2D eigenvalue weighted by Crippen LogP contribution is -2.61. The third-order valence-electron chi connectivity index (χ3n) is 22.8. The molecule has 0 radical (unpaired) electrons. The van der Waals surface area contributed by atoms with E-state index in [1.54, 1.807) is 51.8 Å². The number of Topliss-reactive ketones (excluding diaryl/α,β-unsaturated/α-hetero) is 2. The molecule has 4 aromatic rings. The number of esters is 1. The van der Waals surface area contributed by atoms with Gasteiger partial charge in [-0.1, -0.05) is 71.1 Å². The van der Waals surface area contributed by atoms with Gasteiger partial charge in [0.25, 0.3) is 17.7 Å². The largest absolute Gasteiger partial charge is 0.460 e. The minimum Gasteiger partial charge on any atom is -0.460 e. The first-order valence-electron chi connectivity index (χ1n) is 42.9. The van der Waals surface area contributed by atoms with E-state index in [-0.39, 0.29) is 81.0 Å². The Morgan fingerprint density at radius 2 is 1.36 bits per heavy atom. The lowest BCUT2D eigenvalue weighted by Gasteiger charge is -2.43. The van der Waals surface area contributed by atoms with Gasteiger partial charge in [0.2, 0.25) is 11.7 Å². The van der Waals surface area contributed by atoms with Crippen molar-refractivity contribution in [1.29, 1.82) is 0 Å². The Balaban J connectivity index is 0.653. The van der Waals surface area contributed by atoms with E-state index in [0.717, 1.165) is 24.0 Å². The number of aryl methyl sites for hydroxylation is 1. The van der Waals surface area contributed by atoms with Gasteiger partial charge in [-0.25, -0.2) is 24.2 Å². The predicted octanol–water partition coefficient (Wildman–Crippen LogP) is 7.94. The normalized spacial score (nSPS) is 27.8. The number of aromatic nitrogens is 5. The van der Waals surface area contributed by atoms with Crippen LogP contribution in [0.25, 0.3) is 33.4 Å². The fourth-order valence-electron chi connectivity index (χ4n) is 15.8. The lowest BCUT2D eigenvalue weighted by atomic mass is 9.78. The average molecular weight is 1700 g/mol. The van der Waals surface area contributed by atoms with Crippen LogP contribution >= 0.6 is 0 Å². The lowest BCUT2D eigenvalue weighted by molar-refractivity contribution is -0.265. The molecular formula is C87H134N10O24. The monoisotopic (exact) mass is 1700 g/mol. The average Bonchev–Trinajstić information content (AvgIpc) is 1.75. The van der Waals surface area contributed by atoms with Crippen molar-refractivity contribution in [3.05, 3.63) is 72.1 Å². The summed E-state index contributed by atoms with van der Waals surface area (Å²) in [6.07, 6.45) is 12.0. The highest BCUT2D eigenvalue weighted by molar-refractivity contribution is 6.39. The maximum absolute atomic E-state index is 14.8. The number of anilines is 2. The number of hydrogen-bond donors (Lipinski definition) is 7. The van der Waals surface area contributed by atoms with E-state index in [9.17, 15) is 44.1 Å². The zero-order valence-corrected chi connectivity index (χ0v) is 72.4. The van der Waals surface area contributed by atoms with Crippen molar-refractivity contribution in [2.45, 2.75) is 212 Å². The fraction of sp³-hybridized carbons (Fsp3) is 0.701. The number of methoxy groups -OCH3 is 3. The van der Waals surface area contributed by atoms with Crippen molar-refractivity contribution in [1.82, 2.24) is 40.3 Å². The van der Waals surface area contributed by atoms with Crippen molar-refractivity contribution in [2.75, 3.05) is 158 Å². The van der Waals surface area contributed by atoms with Gasteiger partial charge in [0.1, 0.15) is 53.8 Å². The smallest absolute Gasteiger partial charge is 0.407 e. The summed E-state index contributed by atoms with van der Waals surface area (Å²) in [4.78, 5) is 97.3. The van der Waals surface area contributed by atoms with E-state index in [1.165, 1.54) is 18.3 Å². The van der Waals surface area contributed by atoms with Crippen LogP contribution in [0.15, 0.2) is 76.5 Å². The Kier molecular flexibility index (Phi) is 42.5. The van der Waals surface area contributed by atoms with Crippen LogP contribution < -0.4 is 22.1 Å². The summed E-state index contributed by atoms with van der Waals surface area (Å²) in [5, 5.41) is 47.0. The number of oxazole rings is 1. The van der Waals surface area contributed by atoms with Crippen LogP contribution in [0.5, 0.6) is 0 Å². The number of nitrogens with two attached hydrogens (primary N) is 2. The van der Waals surface area contributed by atoms with Crippen LogP contribution in [-0.4, -0.2) is 288 Å². The van der Waals surface area contributed by atoms with Crippen molar-refractivity contribution in [3.8, 4) is 11.3 Å². The summed E-state index contributed by atoms with van der Waals surface area (Å²) in [5.41, 5.74) is 16.5. The third kappa shape index (κ3) is 31.1. The first-order valence-corrected chi connectivity index (χ1v) is 42.9. The number of nitrogens with one attached hydrogen (secondary N) is 2. The number of ether oxygens (including phenoxy) is 14. The van der Waals surface area contributed by atoms with Gasteiger partial charge < -0.3 is 113 Å². The number of amides is 3. The number of carbonyl (C=O) groups is 6. The molecule has 4 aliphatic rings. The molecule has 2 bridgehead atoms. The number of benzene rings is 1. The van der Waals surface area contributed by atoms with Crippen molar-refractivity contribution >= 4 is 69.4 Å². The van der Waals surface area contributed by atoms with E-state index in [4.69, 9.17) is 87.3 Å². The van der Waals surface area contributed by atoms with E-state index in [1.807, 2.05) is 70.2 Å². The van der Waals surface area contributed by atoms with Gasteiger partial charge in [0.15, 0.2) is 17.0 Å². The molecule has 2 saturated heterocycles. The number of hydrogen-bond acceptors (Lipinski definition) is 30. The van der Waals surface area contributed by atoms with Crippen molar-refractivity contribution in [2.24, 2.45) is 35.5 Å². The van der Waals surface area contributed by atoms with E-state index in [0.29, 0.717) is 209 Å². The van der Waals surface area contributed by atoms with Gasteiger partial charge in [-0.15, -0.1) is 0 Å². The van der Waals surface area contributed by atoms with Crippen molar-refractivity contribution in [3.63, 3.8) is 0 Å². The summed E-state index contributed by atoms with van der Waals surface area (Å²) in [6, 6.07) is 4.38. The van der Waals surface area contributed by atoms with Crippen LogP contribution in [-0.2, 0) is 96.8 Å². The topological polar surface area (TPSA) is 441 Å². The molecule has 3 aliphatic heterocycles. The van der Waals surface area contributed by atoms with Crippen LogP contribution in [0, 0.1) is 35.5 Å². The number of nitrogens with zero attached hydrogens (tertiary/aromatic N) is 6. The standard InChI is InChI=1S/C87H134N10O24/c1-56-18-12-11-13-19-57(2)71(107-8)53-65-24-21-62(7)87(106,121-65)80(102)83(103)96-30-16-14-20-67(96)84(104)118-72(54-68(98)58(3)49-61(6)78(101)79(109-10)77(100)60(5)48-56)59(4)50-63-22-25-70(73(51-63)108-9)120-86(105)91-29-33-111-35-37-113-39-41-115-43-45-117-47-46-116-44-42-114-40-38-112-36-34-110-32-27-74(99)90-28-15-17-31-97-82-75(81(88)92-55-93-82)76(95-97)64-23-26-69-66(52-64)94-85(89)119-69/h11-13,18-19,23,26,49,52,55-56,58-60,62-63,65,67-68,70-73,78-79,98,101,106H,14-17,20-22,24-25,27-48,50-51,53-54H2,1-10H3,(H2,89,94)(H,90,99)(H,91,105)(H2,88,92,93)/b13-11+,18-12+,57-19+,61-49+/t56-,58-,59-,60-,62-,63+,65+,67+,68-,70-,71+,72+,73-,78-,79+,87-/m1/s1. The Labute approximate surface area is 710 Å². The number of nitrogen functional groups attached to an aromatic ring is 2. The van der Waals surface area contributed by atoms with Gasteiger partial charge in [0.05, 0.1) is 136 Å². The zero-order chi connectivity index (χ0) is 87.2. The van der Waals surface area contributed by atoms with Gasteiger partial charge >= 0.3 is 12.1 Å². The van der Waals surface area contributed by atoms with Crippen LogP contribution in [0.2, 0.25) is 0 Å². The highest BCUT2D eigenvalue weighted by Gasteiger charge is 2.53. The molecule has 6 heterocycles. The number of unbranched alkanes of at least 4 members (excludes halogenated alkanes) is 1. The molecular weight excluding hydrogens is 1570 g/mol. The number of carbonyl (C=O) groups excluding carboxylic acids is 6. The molecule has 3 aromatic heterocycles. The molecule has 1 aromatic carbocycles. The SMILES string of the molecule is CO[C@H]1C[C@@H]2CC[C@@H](C)[C@@](O)(O2)C(=O)C(=O)N2CCCC[C@H]2C(=O)O[C@H]([C@H](C)C[C@@H]2CC[C@@H](OC(=O)NCCOCCOCCOCCOCCOCCOCCOCCOCCC(=O)NCCCCn3nc(-c4ccc5oc(N)nc5c4)c4c(N)ncnc43)[C@H](OC)C2)C[C@@H](O)[C@H](C)/C=C(\C)[C@@H](O)[C@@H](OC)C(=O)[C@H](C)C[C@H](C)/C=C/C=C/C=C/1C. The number of alkyl carbamates (subject to hydrolysis) is 1. The number of allylic oxidation sites excluding steroid dienone is 5. The summed E-state index contributed by atoms with van der Waals surface area (Å²) in [7, 11) is 4.52. The summed E-state index contributed by atoms with van der Waals surface area (Å²) in [6.45, 7) is 19.9. The van der Waals surface area contributed by atoms with Crippen LogP contribution in [0.3, 0.4) is 0 Å². The molecule has 34 nitrogen and oxygen atoms in total. The van der Waals surface area contributed by atoms with Gasteiger partial charge in [0, 0.05) is 90.1 Å². The molecule has 16 atom stereocenters. The van der Waals surface area contributed by atoms with Gasteiger partial charge in [-0.3, -0.25) is 19.2 Å². The van der Waals surface area contributed by atoms with Crippen LogP contribution in [0.4, 0.5) is 16.6 Å². The molecule has 34 heteroatoms. The molecule has 121 heavy (non-hydrogen) atoms. The highest BCUT2D eigenvalue weighted by atomic mass is 16.6. The Morgan fingerprint density at radius 1 is 0.702 bits per heavy atom. The predicted molar refractivity (Wildman–Crippen MR) is 449 cm³/mol. The maximum atomic E-state index is 14.8. The number of ketones is 2. The quantitative estimate of drug-likeness (QED) is 0.00961. The second kappa shape index (κ2) is 52.1. The minimum atomic E-state index is -2.47. The Morgan fingerprint density at radius 3 is 2.02 bits per heavy atom. The van der Waals surface area contributed by atoms with Gasteiger partial charge in [-0.2, -0.15) is 10.1 Å². The Hall–Kier alpha value is -7.78. The molecule has 0 spiro atoms. The summed E-state index contributed by atoms with van der Waals surface area (Å²) in [5.74, 6) is -7.69. The molecule has 9 N–H and O–H groups in total. The second-order valence-electron chi connectivity index (χ2n) is 32.1. The number of rotatable bonds is 40. The van der Waals surface area contributed by atoms with E-state index in [2.05, 4.69) is 25.6 Å². The van der Waals surface area contributed by atoms with Crippen LogP contribution in [0.1, 0.15) is 145 Å². The zero-order valence-electron chi connectivity index (χ0n) is 72.4. The molecule has 676 valence electrons. The molecule has 1 aliphatic carbocycles. The molecule has 0 unspecified atom stereocenters. The van der Waals surface area contributed by atoms with Crippen molar-refractivity contribution < 1.29 is 115 Å². The Bertz CT molecular complexity index is 3970. The van der Waals surface area contributed by atoms with E-state index < -0.39 is 102 Å². The number of piperidine rings is 1. The highest BCUT2D eigenvalue weighted by Crippen LogP contribution is 2.40. The second-order valence-corrected chi connectivity index (χ2v) is 32.1. The fourth-order valence-corrected chi connectivity index (χ4v) is 15.8. The number of aliphatic hydroxyl groups is 3. The number of cyclic esters (lactones) is 1.